The number of carbonyl (C=O) groups is 1. The lowest BCUT2D eigenvalue weighted by Crippen LogP contribution is -2.43. The molecule has 7 heteroatoms. The molecule has 0 saturated carbocycles. The maximum Gasteiger partial charge on any atom is 0.261 e. The monoisotopic (exact) mass is 407 g/mol. The smallest absolute Gasteiger partial charge is 0.261 e. The summed E-state index contributed by atoms with van der Waals surface area (Å²) in [7, 11) is -3.11. The molecule has 1 amide bonds. The van der Waals surface area contributed by atoms with E-state index in [1.165, 1.54) is 0 Å². The molecule has 1 aliphatic rings. The molecule has 1 unspecified atom stereocenters. The highest BCUT2D eigenvalue weighted by molar-refractivity contribution is 7.91. The van der Waals surface area contributed by atoms with E-state index in [-0.39, 0.29) is 30.1 Å². The third kappa shape index (κ3) is 5.47. The van der Waals surface area contributed by atoms with Crippen molar-refractivity contribution in [3.63, 3.8) is 0 Å². The standard InChI is InChI=1S/C20H22ClNO4S/c1-15-5-7-19(8-6-15)26-13-20(23)22(18-9-10-27(24,25)14-18)12-16-3-2-4-17(21)11-16/h2-8,11,18H,9-10,12-14H2,1H3. The fraction of sp³-hybridized carbons (Fsp3) is 0.350. The quantitative estimate of drug-likeness (QED) is 0.737. The second kappa shape index (κ2) is 8.31. The topological polar surface area (TPSA) is 63.7 Å². The Morgan fingerprint density at radius 1 is 1.22 bits per heavy atom. The van der Waals surface area contributed by atoms with Gasteiger partial charge in [0, 0.05) is 17.6 Å². The van der Waals surface area contributed by atoms with Gasteiger partial charge in [-0.1, -0.05) is 41.4 Å². The van der Waals surface area contributed by atoms with E-state index in [0.29, 0.717) is 23.7 Å². The van der Waals surface area contributed by atoms with Crippen LogP contribution in [-0.4, -0.2) is 43.4 Å². The van der Waals surface area contributed by atoms with Gasteiger partial charge in [0.2, 0.25) is 0 Å². The summed E-state index contributed by atoms with van der Waals surface area (Å²) in [6.45, 7) is 2.14. The number of halogens is 1. The molecule has 2 aromatic rings. The molecule has 1 aliphatic heterocycles. The number of carbonyl (C=O) groups excluding carboxylic acids is 1. The van der Waals surface area contributed by atoms with Crippen LogP contribution in [0.4, 0.5) is 0 Å². The van der Waals surface area contributed by atoms with Gasteiger partial charge in [-0.3, -0.25) is 4.79 Å². The average molecular weight is 408 g/mol. The number of rotatable bonds is 6. The minimum Gasteiger partial charge on any atom is -0.484 e. The zero-order valence-corrected chi connectivity index (χ0v) is 16.7. The van der Waals surface area contributed by atoms with Gasteiger partial charge >= 0.3 is 0 Å². The molecule has 3 rings (SSSR count). The Morgan fingerprint density at radius 3 is 2.59 bits per heavy atom. The molecule has 27 heavy (non-hydrogen) atoms. The number of benzene rings is 2. The second-order valence-electron chi connectivity index (χ2n) is 6.81. The number of nitrogens with zero attached hydrogens (tertiary/aromatic N) is 1. The summed E-state index contributed by atoms with van der Waals surface area (Å²) in [6.07, 6.45) is 0.444. The summed E-state index contributed by atoms with van der Waals surface area (Å²) < 4.78 is 29.4. The van der Waals surface area contributed by atoms with Crippen LogP contribution in [0.15, 0.2) is 48.5 Å². The van der Waals surface area contributed by atoms with Crippen LogP contribution < -0.4 is 4.74 Å². The first-order chi connectivity index (χ1) is 12.8. The first kappa shape index (κ1) is 19.7. The number of hydrogen-bond donors (Lipinski definition) is 0. The molecule has 2 aromatic carbocycles. The first-order valence-corrected chi connectivity index (χ1v) is 11.0. The summed E-state index contributed by atoms with van der Waals surface area (Å²) in [6, 6.07) is 14.3. The van der Waals surface area contributed by atoms with E-state index in [0.717, 1.165) is 11.1 Å². The maximum absolute atomic E-state index is 12.8. The van der Waals surface area contributed by atoms with Crippen molar-refractivity contribution in [1.29, 1.82) is 0 Å². The van der Waals surface area contributed by atoms with Crippen LogP contribution in [0.25, 0.3) is 0 Å². The van der Waals surface area contributed by atoms with E-state index in [1.54, 1.807) is 17.0 Å². The van der Waals surface area contributed by atoms with Crippen molar-refractivity contribution in [2.24, 2.45) is 0 Å². The molecule has 1 atom stereocenters. The molecular formula is C20H22ClNO4S. The van der Waals surface area contributed by atoms with Gasteiger partial charge in [-0.15, -0.1) is 0 Å². The zero-order chi connectivity index (χ0) is 19.4. The van der Waals surface area contributed by atoms with Crippen molar-refractivity contribution in [1.82, 2.24) is 4.90 Å². The van der Waals surface area contributed by atoms with Gasteiger partial charge in [0.15, 0.2) is 16.4 Å². The molecular weight excluding hydrogens is 386 g/mol. The highest BCUT2D eigenvalue weighted by atomic mass is 35.5. The first-order valence-electron chi connectivity index (χ1n) is 8.76. The van der Waals surface area contributed by atoms with Crippen molar-refractivity contribution < 1.29 is 17.9 Å². The lowest BCUT2D eigenvalue weighted by Gasteiger charge is -2.28. The predicted octanol–water partition coefficient (Wildman–Crippen LogP) is 3.24. The van der Waals surface area contributed by atoms with Gasteiger partial charge in [-0.25, -0.2) is 8.42 Å². The van der Waals surface area contributed by atoms with Gasteiger partial charge in [0.05, 0.1) is 11.5 Å². The van der Waals surface area contributed by atoms with E-state index in [4.69, 9.17) is 16.3 Å². The van der Waals surface area contributed by atoms with E-state index in [9.17, 15) is 13.2 Å². The summed E-state index contributed by atoms with van der Waals surface area (Å²) in [5, 5.41) is 0.579. The molecule has 144 valence electrons. The third-order valence-electron chi connectivity index (χ3n) is 4.59. The maximum atomic E-state index is 12.8. The molecule has 0 bridgehead atoms. The predicted molar refractivity (Wildman–Crippen MR) is 106 cm³/mol. The van der Waals surface area contributed by atoms with Gasteiger partial charge in [0.25, 0.3) is 5.91 Å². The van der Waals surface area contributed by atoms with Crippen LogP contribution in [0, 0.1) is 6.92 Å². The van der Waals surface area contributed by atoms with Gasteiger partial charge in [0.1, 0.15) is 5.75 Å². The second-order valence-corrected chi connectivity index (χ2v) is 9.48. The van der Waals surface area contributed by atoms with Crippen molar-refractivity contribution in [3.05, 3.63) is 64.7 Å². The normalized spacial score (nSPS) is 18.2. The molecule has 1 saturated heterocycles. The molecule has 1 fully saturated rings. The zero-order valence-electron chi connectivity index (χ0n) is 15.1. The largest absolute Gasteiger partial charge is 0.484 e. The highest BCUT2D eigenvalue weighted by Crippen LogP contribution is 2.22. The minimum atomic E-state index is -3.11. The third-order valence-corrected chi connectivity index (χ3v) is 6.58. The van der Waals surface area contributed by atoms with Crippen LogP contribution in [0.5, 0.6) is 5.75 Å². The number of amides is 1. The average Bonchev–Trinajstić information content (AvgIpc) is 2.98. The van der Waals surface area contributed by atoms with E-state index < -0.39 is 9.84 Å². The molecule has 0 spiro atoms. The Bertz CT molecular complexity index is 912. The Morgan fingerprint density at radius 2 is 1.96 bits per heavy atom. The Labute approximate surface area is 164 Å². The van der Waals surface area contributed by atoms with Crippen molar-refractivity contribution in [2.45, 2.75) is 25.9 Å². The van der Waals surface area contributed by atoms with Crippen molar-refractivity contribution in [3.8, 4) is 5.75 Å². The summed E-state index contributed by atoms with van der Waals surface area (Å²) >= 11 is 6.04. The van der Waals surface area contributed by atoms with Crippen LogP contribution in [-0.2, 0) is 21.2 Å². The Hall–Kier alpha value is -2.05. The number of hydrogen-bond acceptors (Lipinski definition) is 4. The molecule has 0 radical (unpaired) electrons. The Balaban J connectivity index is 1.73. The van der Waals surface area contributed by atoms with Gasteiger partial charge in [-0.2, -0.15) is 0 Å². The van der Waals surface area contributed by atoms with Crippen molar-refractivity contribution in [2.75, 3.05) is 18.1 Å². The number of ether oxygens (including phenoxy) is 1. The lowest BCUT2D eigenvalue weighted by molar-refractivity contribution is -0.136. The van der Waals surface area contributed by atoms with Crippen LogP contribution >= 0.6 is 11.6 Å². The molecule has 0 N–H and O–H groups in total. The minimum absolute atomic E-state index is 0.0101. The van der Waals surface area contributed by atoms with Gasteiger partial charge in [-0.05, 0) is 43.2 Å². The lowest BCUT2D eigenvalue weighted by atomic mass is 10.1. The van der Waals surface area contributed by atoms with Crippen LogP contribution in [0.3, 0.4) is 0 Å². The summed E-state index contributed by atoms with van der Waals surface area (Å²) in [4.78, 5) is 14.4. The fourth-order valence-electron chi connectivity index (χ4n) is 3.14. The molecule has 0 aromatic heterocycles. The highest BCUT2D eigenvalue weighted by Gasteiger charge is 2.34. The van der Waals surface area contributed by atoms with E-state index >= 15 is 0 Å². The number of aryl methyl sites for hydroxylation is 1. The number of sulfone groups is 1. The Kier molecular flexibility index (Phi) is 6.07. The molecule has 0 aliphatic carbocycles. The van der Waals surface area contributed by atoms with Crippen LogP contribution in [0.2, 0.25) is 5.02 Å². The fourth-order valence-corrected chi connectivity index (χ4v) is 5.08. The SMILES string of the molecule is Cc1ccc(OCC(=O)N(Cc2cccc(Cl)c2)C2CCS(=O)(=O)C2)cc1. The summed E-state index contributed by atoms with van der Waals surface area (Å²) in [5.41, 5.74) is 1.96. The van der Waals surface area contributed by atoms with E-state index in [1.807, 2.05) is 43.3 Å². The van der Waals surface area contributed by atoms with E-state index in [2.05, 4.69) is 0 Å². The van der Waals surface area contributed by atoms with Crippen LogP contribution in [0.1, 0.15) is 17.5 Å². The molecule has 1 heterocycles. The molecule has 5 nitrogen and oxygen atoms in total. The van der Waals surface area contributed by atoms with Gasteiger partial charge < -0.3 is 9.64 Å². The van der Waals surface area contributed by atoms with Crippen molar-refractivity contribution >= 4 is 27.3 Å². The summed E-state index contributed by atoms with van der Waals surface area (Å²) in [5.74, 6) is 0.466.